The lowest BCUT2D eigenvalue weighted by atomic mass is 9.97. The van der Waals surface area contributed by atoms with E-state index in [4.69, 9.17) is 0 Å². The highest BCUT2D eigenvalue weighted by Gasteiger charge is 2.34. The van der Waals surface area contributed by atoms with Gasteiger partial charge in [-0.15, -0.1) is 11.3 Å². The normalized spacial score (nSPS) is 32.3. The van der Waals surface area contributed by atoms with Crippen molar-refractivity contribution in [1.82, 2.24) is 0 Å². The average molecular weight is 197 g/mol. The van der Waals surface area contributed by atoms with Gasteiger partial charge in [-0.05, 0) is 29.2 Å². The fourth-order valence-corrected chi connectivity index (χ4v) is 4.29. The van der Waals surface area contributed by atoms with Gasteiger partial charge in [0.15, 0.2) is 0 Å². The first-order chi connectivity index (χ1) is 5.95. The summed E-state index contributed by atoms with van der Waals surface area (Å²) in [4.78, 5) is 0. The number of anilines is 1. The van der Waals surface area contributed by atoms with E-state index >= 15 is 0 Å². The maximum Gasteiger partial charge on any atom is 0.0921 e. The van der Waals surface area contributed by atoms with Gasteiger partial charge in [0, 0.05) is 17.7 Å². The number of thiophene rings is 1. The molecule has 64 valence electrons. The third-order valence-electron chi connectivity index (χ3n) is 2.77. The Morgan fingerprint density at radius 1 is 1.50 bits per heavy atom. The van der Waals surface area contributed by atoms with E-state index in [1.807, 2.05) is 11.3 Å². The number of thioether (sulfide) groups is 1. The van der Waals surface area contributed by atoms with Crippen molar-refractivity contribution in [2.45, 2.75) is 18.4 Å². The molecule has 0 amide bonds. The molecule has 12 heavy (non-hydrogen) atoms. The largest absolute Gasteiger partial charge is 0.373 e. The van der Waals surface area contributed by atoms with E-state index in [-0.39, 0.29) is 0 Å². The lowest BCUT2D eigenvalue weighted by Gasteiger charge is -2.24. The number of hydrogen-bond donors (Lipinski definition) is 1. The average Bonchev–Trinajstić information content (AvgIpc) is 2.62. The molecule has 0 aromatic carbocycles. The molecule has 1 aromatic heterocycles. The minimum atomic E-state index is 0.758. The molecule has 1 N–H and O–H groups in total. The SMILES string of the molecule is c1cc2c(s1)NC1CCSCC21. The lowest BCUT2D eigenvalue weighted by molar-refractivity contribution is 0.614. The first-order valence-corrected chi connectivity index (χ1v) is 6.40. The molecule has 3 heteroatoms. The molecule has 3 rings (SSSR count). The van der Waals surface area contributed by atoms with Gasteiger partial charge in [0.25, 0.3) is 0 Å². The second-order valence-electron chi connectivity index (χ2n) is 3.43. The first-order valence-electron chi connectivity index (χ1n) is 4.37. The van der Waals surface area contributed by atoms with Crippen LogP contribution in [0.4, 0.5) is 5.00 Å². The van der Waals surface area contributed by atoms with E-state index < -0.39 is 0 Å². The van der Waals surface area contributed by atoms with Crippen LogP contribution in [-0.2, 0) is 0 Å². The van der Waals surface area contributed by atoms with E-state index in [2.05, 4.69) is 28.5 Å². The maximum absolute atomic E-state index is 3.62. The van der Waals surface area contributed by atoms with Crippen molar-refractivity contribution in [2.24, 2.45) is 0 Å². The van der Waals surface area contributed by atoms with Gasteiger partial charge in [-0.2, -0.15) is 11.8 Å². The molecule has 0 bridgehead atoms. The molecule has 0 aliphatic carbocycles. The van der Waals surface area contributed by atoms with Gasteiger partial charge < -0.3 is 5.32 Å². The molecule has 1 saturated heterocycles. The molecule has 0 spiro atoms. The Kier molecular flexibility index (Phi) is 1.62. The molecule has 0 saturated carbocycles. The topological polar surface area (TPSA) is 12.0 Å². The zero-order valence-electron chi connectivity index (χ0n) is 6.75. The summed E-state index contributed by atoms with van der Waals surface area (Å²) in [5.41, 5.74) is 1.58. The Balaban J connectivity index is 1.98. The molecule has 2 aliphatic heterocycles. The number of nitrogens with one attached hydrogen (secondary N) is 1. The van der Waals surface area contributed by atoms with Crippen molar-refractivity contribution in [3.63, 3.8) is 0 Å². The van der Waals surface area contributed by atoms with Gasteiger partial charge in [0.05, 0.1) is 5.00 Å². The van der Waals surface area contributed by atoms with E-state index in [9.17, 15) is 0 Å². The molecular formula is C9H11NS2. The molecule has 3 heterocycles. The van der Waals surface area contributed by atoms with Crippen LogP contribution < -0.4 is 5.32 Å². The van der Waals surface area contributed by atoms with E-state index in [0.717, 1.165) is 12.0 Å². The van der Waals surface area contributed by atoms with Crippen LogP contribution in [-0.4, -0.2) is 17.5 Å². The molecule has 2 atom stereocenters. The van der Waals surface area contributed by atoms with Crippen molar-refractivity contribution in [2.75, 3.05) is 16.8 Å². The Morgan fingerprint density at radius 3 is 3.50 bits per heavy atom. The van der Waals surface area contributed by atoms with Crippen LogP contribution in [0, 0.1) is 0 Å². The third-order valence-corrected chi connectivity index (χ3v) is 4.75. The summed E-state index contributed by atoms with van der Waals surface area (Å²) in [7, 11) is 0. The fraction of sp³-hybridized carbons (Fsp3) is 0.556. The lowest BCUT2D eigenvalue weighted by Crippen LogP contribution is -2.26. The highest BCUT2D eigenvalue weighted by molar-refractivity contribution is 7.99. The highest BCUT2D eigenvalue weighted by Crippen LogP contribution is 2.44. The number of hydrogen-bond acceptors (Lipinski definition) is 3. The van der Waals surface area contributed by atoms with Gasteiger partial charge in [-0.1, -0.05) is 0 Å². The van der Waals surface area contributed by atoms with E-state index in [1.54, 1.807) is 5.56 Å². The van der Waals surface area contributed by atoms with Crippen molar-refractivity contribution in [1.29, 1.82) is 0 Å². The van der Waals surface area contributed by atoms with Gasteiger partial charge in [-0.3, -0.25) is 0 Å². The Morgan fingerprint density at radius 2 is 2.50 bits per heavy atom. The van der Waals surface area contributed by atoms with Crippen LogP contribution >= 0.6 is 23.1 Å². The molecule has 1 fully saturated rings. The van der Waals surface area contributed by atoms with Gasteiger partial charge >= 0.3 is 0 Å². The molecule has 2 unspecified atom stereocenters. The van der Waals surface area contributed by atoms with Crippen LogP contribution in [0.3, 0.4) is 0 Å². The monoisotopic (exact) mass is 197 g/mol. The Bertz CT molecular complexity index is 294. The van der Waals surface area contributed by atoms with Crippen LogP contribution in [0.25, 0.3) is 0 Å². The van der Waals surface area contributed by atoms with Gasteiger partial charge in [-0.25, -0.2) is 0 Å². The van der Waals surface area contributed by atoms with Crippen molar-refractivity contribution in [3.8, 4) is 0 Å². The van der Waals surface area contributed by atoms with Crippen molar-refractivity contribution < 1.29 is 0 Å². The molecule has 0 radical (unpaired) electrons. The van der Waals surface area contributed by atoms with Gasteiger partial charge in [0.2, 0.25) is 0 Å². The van der Waals surface area contributed by atoms with Gasteiger partial charge in [0.1, 0.15) is 0 Å². The summed E-state index contributed by atoms with van der Waals surface area (Å²) in [6, 6.07) is 3.05. The fourth-order valence-electron chi connectivity index (χ4n) is 2.11. The van der Waals surface area contributed by atoms with Crippen molar-refractivity contribution >= 4 is 28.1 Å². The molecule has 1 nitrogen and oxygen atoms in total. The minimum Gasteiger partial charge on any atom is -0.373 e. The van der Waals surface area contributed by atoms with E-state index in [0.29, 0.717) is 0 Å². The zero-order chi connectivity index (χ0) is 7.97. The predicted molar refractivity (Wildman–Crippen MR) is 56.4 cm³/mol. The van der Waals surface area contributed by atoms with Crippen LogP contribution in [0.1, 0.15) is 17.9 Å². The maximum atomic E-state index is 3.62. The van der Waals surface area contributed by atoms with Crippen LogP contribution in [0.5, 0.6) is 0 Å². The summed E-state index contributed by atoms with van der Waals surface area (Å²) in [6.07, 6.45) is 1.34. The number of rotatable bonds is 0. The highest BCUT2D eigenvalue weighted by atomic mass is 32.2. The van der Waals surface area contributed by atoms with E-state index in [1.165, 1.54) is 22.9 Å². The first kappa shape index (κ1) is 7.27. The molecule has 2 aliphatic rings. The Labute approximate surface area is 80.6 Å². The van der Waals surface area contributed by atoms with Crippen molar-refractivity contribution in [3.05, 3.63) is 17.0 Å². The van der Waals surface area contributed by atoms with Crippen LogP contribution in [0.15, 0.2) is 11.4 Å². The predicted octanol–water partition coefficient (Wildman–Crippen LogP) is 2.76. The quantitative estimate of drug-likeness (QED) is 0.686. The minimum absolute atomic E-state index is 0.758. The number of fused-ring (bicyclic) bond motifs is 3. The second kappa shape index (κ2) is 2.67. The summed E-state index contributed by atoms with van der Waals surface area (Å²) < 4.78 is 0. The Hall–Kier alpha value is -0.150. The zero-order valence-corrected chi connectivity index (χ0v) is 8.38. The third kappa shape index (κ3) is 0.927. The summed E-state index contributed by atoms with van der Waals surface area (Å²) in [5, 5.41) is 7.26. The standard InChI is InChI=1S/C9H11NS2/c1-4-12-9-6(1)7-5-11-3-2-8(7)10-9/h1,4,7-8,10H,2-3,5H2. The summed E-state index contributed by atoms with van der Waals surface area (Å²) >= 11 is 3.96. The smallest absolute Gasteiger partial charge is 0.0921 e. The molecular weight excluding hydrogens is 186 g/mol. The van der Waals surface area contributed by atoms with Crippen LogP contribution in [0.2, 0.25) is 0 Å². The molecule has 1 aromatic rings. The summed E-state index contributed by atoms with van der Waals surface area (Å²) in [6.45, 7) is 0. The summed E-state index contributed by atoms with van der Waals surface area (Å²) in [5.74, 6) is 3.47. The second-order valence-corrected chi connectivity index (χ2v) is 5.49.